The van der Waals surface area contributed by atoms with E-state index < -0.39 is 5.97 Å². The van der Waals surface area contributed by atoms with Crippen LogP contribution in [0.15, 0.2) is 0 Å². The number of aliphatic carboxylic acids is 1. The minimum Gasteiger partial charge on any atom is -0.481 e. The molecular formula is C15H26N2O3. The molecule has 5 nitrogen and oxygen atoms in total. The molecule has 114 valence electrons. The van der Waals surface area contributed by atoms with Crippen LogP contribution in [-0.2, 0) is 9.59 Å². The molecule has 2 rings (SSSR count). The van der Waals surface area contributed by atoms with E-state index in [4.69, 9.17) is 10.8 Å². The molecule has 20 heavy (non-hydrogen) atoms. The smallest absolute Gasteiger partial charge is 0.303 e. The van der Waals surface area contributed by atoms with Gasteiger partial charge in [-0.1, -0.05) is 6.42 Å². The Morgan fingerprint density at radius 1 is 1.25 bits per heavy atom. The van der Waals surface area contributed by atoms with Crippen molar-refractivity contribution in [3.8, 4) is 0 Å². The third kappa shape index (κ3) is 3.51. The molecule has 1 atom stereocenters. The maximum Gasteiger partial charge on any atom is 0.303 e. The highest BCUT2D eigenvalue weighted by Gasteiger charge is 2.39. The van der Waals surface area contributed by atoms with Crippen LogP contribution in [0.1, 0.15) is 57.8 Å². The molecule has 0 aromatic carbocycles. The molecule has 2 aliphatic rings. The summed E-state index contributed by atoms with van der Waals surface area (Å²) in [6.07, 6.45) is 7.63. The number of carboxylic acids is 1. The fourth-order valence-corrected chi connectivity index (χ4v) is 3.47. The van der Waals surface area contributed by atoms with E-state index in [-0.39, 0.29) is 23.8 Å². The van der Waals surface area contributed by atoms with E-state index in [1.165, 1.54) is 6.42 Å². The van der Waals surface area contributed by atoms with Crippen LogP contribution in [-0.4, -0.2) is 41.0 Å². The number of hydrogen-bond acceptors (Lipinski definition) is 3. The molecule has 1 unspecified atom stereocenters. The molecule has 0 spiro atoms. The predicted molar refractivity (Wildman–Crippen MR) is 76.2 cm³/mol. The van der Waals surface area contributed by atoms with E-state index in [2.05, 4.69) is 0 Å². The van der Waals surface area contributed by atoms with E-state index in [0.29, 0.717) is 19.4 Å². The highest BCUT2D eigenvalue weighted by atomic mass is 16.4. The lowest BCUT2D eigenvalue weighted by molar-refractivity contribution is -0.142. The van der Waals surface area contributed by atoms with E-state index in [1.807, 2.05) is 4.90 Å². The summed E-state index contributed by atoms with van der Waals surface area (Å²) in [5.74, 6) is -0.592. The van der Waals surface area contributed by atoms with Crippen molar-refractivity contribution in [3.63, 3.8) is 0 Å². The first kappa shape index (κ1) is 15.3. The van der Waals surface area contributed by atoms with Crippen LogP contribution in [0.5, 0.6) is 0 Å². The van der Waals surface area contributed by atoms with E-state index in [1.54, 1.807) is 0 Å². The second-order valence-corrected chi connectivity index (χ2v) is 6.40. The minimum atomic E-state index is -0.777. The van der Waals surface area contributed by atoms with Gasteiger partial charge in [-0.25, -0.2) is 0 Å². The van der Waals surface area contributed by atoms with Crippen LogP contribution >= 0.6 is 0 Å². The number of nitrogens with zero attached hydrogens (tertiary/aromatic N) is 1. The van der Waals surface area contributed by atoms with Gasteiger partial charge in [0, 0.05) is 25.4 Å². The third-order valence-electron chi connectivity index (χ3n) is 5.01. The number of likely N-dealkylation sites (tertiary alicyclic amines) is 1. The van der Waals surface area contributed by atoms with Crippen molar-refractivity contribution in [1.29, 1.82) is 0 Å². The summed E-state index contributed by atoms with van der Waals surface area (Å²) in [7, 11) is 0. The van der Waals surface area contributed by atoms with E-state index in [0.717, 1.165) is 38.6 Å². The van der Waals surface area contributed by atoms with Crippen molar-refractivity contribution in [2.24, 2.45) is 11.1 Å². The zero-order valence-corrected chi connectivity index (χ0v) is 12.1. The molecule has 3 N–H and O–H groups in total. The molecule has 1 saturated carbocycles. The van der Waals surface area contributed by atoms with Crippen molar-refractivity contribution < 1.29 is 14.7 Å². The monoisotopic (exact) mass is 282 g/mol. The first-order chi connectivity index (χ1) is 9.56. The van der Waals surface area contributed by atoms with Gasteiger partial charge in [-0.3, -0.25) is 9.59 Å². The Hall–Kier alpha value is -1.10. The Balaban J connectivity index is 1.92. The van der Waals surface area contributed by atoms with Crippen molar-refractivity contribution in [3.05, 3.63) is 0 Å². The van der Waals surface area contributed by atoms with Gasteiger partial charge in [0.2, 0.25) is 5.91 Å². The first-order valence-electron chi connectivity index (χ1n) is 7.78. The SMILES string of the molecule is NCC1(CC(=O)N2CCCCC2CCC(=O)O)CCC1. The van der Waals surface area contributed by atoms with Crippen LogP contribution in [0.25, 0.3) is 0 Å². The van der Waals surface area contributed by atoms with E-state index in [9.17, 15) is 9.59 Å². The Morgan fingerprint density at radius 3 is 2.55 bits per heavy atom. The molecule has 0 bridgehead atoms. The Labute approximate surface area is 120 Å². The fraction of sp³-hybridized carbons (Fsp3) is 0.867. The minimum absolute atomic E-state index is 0.0336. The number of carboxylic acid groups (broad SMARTS) is 1. The molecule has 2 fully saturated rings. The normalized spacial score (nSPS) is 25.1. The molecule has 1 aliphatic carbocycles. The summed E-state index contributed by atoms with van der Waals surface area (Å²) in [6, 6.07) is 0.113. The molecule has 1 aliphatic heterocycles. The number of nitrogens with two attached hydrogens (primary N) is 1. The number of carbonyl (C=O) groups is 2. The lowest BCUT2D eigenvalue weighted by Crippen LogP contribution is -2.48. The Kier molecular flexibility index (Phi) is 5.02. The van der Waals surface area contributed by atoms with Crippen LogP contribution in [0.3, 0.4) is 0 Å². The maximum absolute atomic E-state index is 12.5. The van der Waals surface area contributed by atoms with Crippen molar-refractivity contribution in [1.82, 2.24) is 4.90 Å². The average Bonchev–Trinajstić information content (AvgIpc) is 2.40. The summed E-state index contributed by atoms with van der Waals surface area (Å²) >= 11 is 0. The highest BCUT2D eigenvalue weighted by molar-refractivity contribution is 5.77. The molecular weight excluding hydrogens is 256 g/mol. The zero-order valence-electron chi connectivity index (χ0n) is 12.1. The number of hydrogen-bond donors (Lipinski definition) is 2. The summed E-state index contributed by atoms with van der Waals surface area (Å²) < 4.78 is 0. The molecule has 1 heterocycles. The standard InChI is InChI=1S/C15H26N2O3/c16-11-15(7-3-8-15)10-13(18)17-9-2-1-4-12(17)5-6-14(19)20/h12H,1-11,16H2,(H,19,20). The number of carbonyl (C=O) groups excluding carboxylic acids is 1. The molecule has 0 aromatic heterocycles. The molecule has 1 amide bonds. The Bertz CT molecular complexity index is 361. The summed E-state index contributed by atoms with van der Waals surface area (Å²) in [6.45, 7) is 1.37. The van der Waals surface area contributed by atoms with Gasteiger partial charge < -0.3 is 15.7 Å². The number of piperidine rings is 1. The third-order valence-corrected chi connectivity index (χ3v) is 5.01. The van der Waals surface area contributed by atoms with Gasteiger partial charge in [0.25, 0.3) is 0 Å². The van der Waals surface area contributed by atoms with Gasteiger partial charge in [-0.05, 0) is 50.5 Å². The molecule has 0 aromatic rings. The molecule has 1 saturated heterocycles. The topological polar surface area (TPSA) is 83.6 Å². The van der Waals surface area contributed by atoms with Crippen molar-refractivity contribution in [2.75, 3.05) is 13.1 Å². The number of amides is 1. The Morgan fingerprint density at radius 2 is 2.00 bits per heavy atom. The van der Waals surface area contributed by atoms with Gasteiger partial charge >= 0.3 is 5.97 Å². The van der Waals surface area contributed by atoms with E-state index >= 15 is 0 Å². The fourth-order valence-electron chi connectivity index (χ4n) is 3.47. The second-order valence-electron chi connectivity index (χ2n) is 6.40. The molecule has 5 heteroatoms. The van der Waals surface area contributed by atoms with Gasteiger partial charge in [0.15, 0.2) is 0 Å². The van der Waals surface area contributed by atoms with Crippen LogP contribution in [0, 0.1) is 5.41 Å². The lowest BCUT2D eigenvalue weighted by Gasteiger charge is -2.43. The van der Waals surface area contributed by atoms with Crippen molar-refractivity contribution in [2.45, 2.75) is 63.8 Å². The van der Waals surface area contributed by atoms with Gasteiger partial charge in [0.05, 0.1) is 0 Å². The van der Waals surface area contributed by atoms with Gasteiger partial charge in [0.1, 0.15) is 0 Å². The van der Waals surface area contributed by atoms with Gasteiger partial charge in [-0.15, -0.1) is 0 Å². The summed E-state index contributed by atoms with van der Waals surface area (Å²) in [5.41, 5.74) is 5.86. The average molecular weight is 282 g/mol. The van der Waals surface area contributed by atoms with Crippen LogP contribution in [0.2, 0.25) is 0 Å². The predicted octanol–water partition coefficient (Wildman–Crippen LogP) is 1.75. The maximum atomic E-state index is 12.5. The summed E-state index contributed by atoms with van der Waals surface area (Å²) in [4.78, 5) is 25.2. The van der Waals surface area contributed by atoms with Crippen molar-refractivity contribution >= 4 is 11.9 Å². The van der Waals surface area contributed by atoms with Crippen LogP contribution < -0.4 is 5.73 Å². The number of rotatable bonds is 6. The zero-order chi connectivity index (χ0) is 14.6. The quantitative estimate of drug-likeness (QED) is 0.777. The second kappa shape index (κ2) is 6.57. The molecule has 0 radical (unpaired) electrons. The lowest BCUT2D eigenvalue weighted by atomic mass is 9.66. The highest BCUT2D eigenvalue weighted by Crippen LogP contribution is 2.43. The van der Waals surface area contributed by atoms with Gasteiger partial charge in [-0.2, -0.15) is 0 Å². The first-order valence-corrected chi connectivity index (χ1v) is 7.78. The largest absolute Gasteiger partial charge is 0.481 e. The van der Waals surface area contributed by atoms with Crippen LogP contribution in [0.4, 0.5) is 0 Å². The summed E-state index contributed by atoms with van der Waals surface area (Å²) in [5, 5.41) is 8.82.